The van der Waals surface area contributed by atoms with E-state index in [2.05, 4.69) is 32.2 Å². The highest BCUT2D eigenvalue weighted by Crippen LogP contribution is 2.28. The maximum atomic E-state index is 11.6. The van der Waals surface area contributed by atoms with Crippen LogP contribution in [-0.4, -0.2) is 66.3 Å². The molecule has 0 aliphatic carbocycles. The number of nitrogens with one attached hydrogen (secondary N) is 1. The van der Waals surface area contributed by atoms with Gasteiger partial charge in [0.15, 0.2) is 0 Å². The van der Waals surface area contributed by atoms with Crippen LogP contribution in [0.25, 0.3) is 11.0 Å². The highest BCUT2D eigenvalue weighted by Gasteiger charge is 2.28. The quantitative estimate of drug-likeness (QED) is 0.897. The molecular formula is C17H23N5O2S. The molecule has 1 fully saturated rings. The molecule has 2 aromatic rings. The van der Waals surface area contributed by atoms with Gasteiger partial charge in [0.1, 0.15) is 5.65 Å². The van der Waals surface area contributed by atoms with Crippen molar-refractivity contribution in [1.82, 2.24) is 19.3 Å². The van der Waals surface area contributed by atoms with Crippen LogP contribution in [0, 0.1) is 5.92 Å². The predicted octanol–water partition coefficient (Wildman–Crippen LogP) is 1.62. The highest BCUT2D eigenvalue weighted by molar-refractivity contribution is 7.88. The summed E-state index contributed by atoms with van der Waals surface area (Å²) < 4.78 is 24.8. The van der Waals surface area contributed by atoms with Crippen LogP contribution in [-0.2, 0) is 10.0 Å². The minimum Gasteiger partial charge on any atom is -0.346 e. The van der Waals surface area contributed by atoms with Gasteiger partial charge in [0.25, 0.3) is 0 Å². The molecule has 2 aromatic heterocycles. The smallest absolute Gasteiger partial charge is 0.211 e. The lowest BCUT2D eigenvalue weighted by Crippen LogP contribution is -2.40. The fourth-order valence-electron chi connectivity index (χ4n) is 3.82. The predicted molar refractivity (Wildman–Crippen MR) is 98.0 cm³/mol. The maximum Gasteiger partial charge on any atom is 0.211 e. The van der Waals surface area contributed by atoms with Crippen LogP contribution in [0.15, 0.2) is 29.6 Å². The molecule has 25 heavy (non-hydrogen) atoms. The van der Waals surface area contributed by atoms with Gasteiger partial charge >= 0.3 is 0 Å². The molecule has 0 spiro atoms. The number of hydrogen-bond donors (Lipinski definition) is 1. The summed E-state index contributed by atoms with van der Waals surface area (Å²) >= 11 is 0. The Morgan fingerprint density at radius 1 is 1.28 bits per heavy atom. The van der Waals surface area contributed by atoms with E-state index in [0.29, 0.717) is 19.0 Å². The van der Waals surface area contributed by atoms with E-state index in [4.69, 9.17) is 0 Å². The van der Waals surface area contributed by atoms with Crippen LogP contribution < -0.4 is 0 Å². The molecule has 1 N–H and O–H groups in total. The number of nitrogens with zero attached hydrogens (tertiary/aromatic N) is 4. The first-order valence-electron chi connectivity index (χ1n) is 8.67. The van der Waals surface area contributed by atoms with Gasteiger partial charge in [0.2, 0.25) is 10.0 Å². The van der Waals surface area contributed by atoms with E-state index in [1.54, 1.807) is 4.31 Å². The zero-order valence-corrected chi connectivity index (χ0v) is 15.1. The molecule has 0 amide bonds. The Morgan fingerprint density at radius 3 is 2.84 bits per heavy atom. The number of piperidine rings is 1. The number of hydrogen-bond acceptors (Lipinski definition) is 5. The zero-order chi connectivity index (χ0) is 17.4. The van der Waals surface area contributed by atoms with Gasteiger partial charge in [-0.05, 0) is 36.5 Å². The van der Waals surface area contributed by atoms with Crippen LogP contribution in [0.3, 0.4) is 0 Å². The van der Waals surface area contributed by atoms with Crippen LogP contribution in [0.4, 0.5) is 0 Å². The van der Waals surface area contributed by atoms with Crippen molar-refractivity contribution in [2.45, 2.75) is 18.8 Å². The monoisotopic (exact) mass is 361 g/mol. The summed E-state index contributed by atoms with van der Waals surface area (Å²) in [7, 11) is -3.06. The lowest BCUT2D eigenvalue weighted by atomic mass is 9.96. The summed E-state index contributed by atoms with van der Waals surface area (Å²) in [6.07, 6.45) is 8.88. The van der Waals surface area contributed by atoms with Gasteiger partial charge in [-0.15, -0.1) is 0 Å². The number of rotatable bonds is 4. The van der Waals surface area contributed by atoms with Crippen molar-refractivity contribution in [3.05, 3.63) is 30.1 Å². The first-order valence-corrected chi connectivity index (χ1v) is 10.5. The first-order chi connectivity index (χ1) is 12.0. The fraction of sp³-hybridized carbons (Fsp3) is 0.529. The van der Waals surface area contributed by atoms with E-state index in [1.165, 1.54) is 11.8 Å². The van der Waals surface area contributed by atoms with Crippen molar-refractivity contribution in [3.63, 3.8) is 0 Å². The molecule has 4 rings (SSSR count). The number of aromatic amines is 1. The number of H-pyrrole nitrogens is 1. The average Bonchev–Trinajstić information content (AvgIpc) is 3.23. The molecule has 1 atom stereocenters. The summed E-state index contributed by atoms with van der Waals surface area (Å²) in [5.41, 5.74) is 2.17. The Hall–Kier alpha value is -1.93. The van der Waals surface area contributed by atoms with Gasteiger partial charge in [-0.3, -0.25) is 5.01 Å². The molecule has 0 saturated carbocycles. The van der Waals surface area contributed by atoms with Gasteiger partial charge in [0.05, 0.1) is 6.26 Å². The van der Waals surface area contributed by atoms with Crippen molar-refractivity contribution < 1.29 is 8.42 Å². The van der Waals surface area contributed by atoms with Crippen molar-refractivity contribution >= 4 is 27.3 Å². The largest absolute Gasteiger partial charge is 0.346 e. The average molecular weight is 361 g/mol. The standard InChI is InChI=1S/C17H23N5O2S/c1-25(23,24)22-8-4-13(5-9-22)11-21-12-14(10-20-21)15-2-6-18-17-16(15)3-7-19-17/h2-3,6-7,10,13-14H,4-5,8-9,11-12H2,1H3,(H,18,19). The molecule has 0 radical (unpaired) electrons. The maximum absolute atomic E-state index is 11.6. The second-order valence-corrected chi connectivity index (χ2v) is 8.97. The summed E-state index contributed by atoms with van der Waals surface area (Å²) in [5.74, 6) is 0.774. The van der Waals surface area contributed by atoms with E-state index in [9.17, 15) is 8.42 Å². The van der Waals surface area contributed by atoms with E-state index in [1.807, 2.05) is 18.6 Å². The van der Waals surface area contributed by atoms with Crippen molar-refractivity contribution in [3.8, 4) is 0 Å². The minimum absolute atomic E-state index is 0.275. The number of fused-ring (bicyclic) bond motifs is 1. The van der Waals surface area contributed by atoms with Crippen LogP contribution >= 0.6 is 0 Å². The number of aromatic nitrogens is 2. The van der Waals surface area contributed by atoms with E-state index < -0.39 is 10.0 Å². The molecule has 1 unspecified atom stereocenters. The molecule has 2 aliphatic heterocycles. The van der Waals surface area contributed by atoms with E-state index in [0.717, 1.165) is 37.0 Å². The molecule has 4 heterocycles. The highest BCUT2D eigenvalue weighted by atomic mass is 32.2. The molecule has 7 nitrogen and oxygen atoms in total. The topological polar surface area (TPSA) is 81.7 Å². The Labute approximate surface area is 147 Å². The van der Waals surface area contributed by atoms with Gasteiger partial charge in [-0.25, -0.2) is 17.7 Å². The Morgan fingerprint density at radius 2 is 2.08 bits per heavy atom. The third-order valence-corrected chi connectivity index (χ3v) is 6.53. The van der Waals surface area contributed by atoms with Gasteiger partial charge in [-0.1, -0.05) is 0 Å². The number of sulfonamides is 1. The first kappa shape index (κ1) is 16.5. The lowest BCUT2D eigenvalue weighted by molar-refractivity contribution is 0.196. The lowest BCUT2D eigenvalue weighted by Gasteiger charge is -2.32. The van der Waals surface area contributed by atoms with E-state index >= 15 is 0 Å². The van der Waals surface area contributed by atoms with Crippen molar-refractivity contribution in [1.29, 1.82) is 0 Å². The summed E-state index contributed by atoms with van der Waals surface area (Å²) in [5, 5.41) is 7.88. The fourth-order valence-corrected chi connectivity index (χ4v) is 4.70. The SMILES string of the molecule is CS(=O)(=O)N1CCC(CN2CC(c3ccnc4[nH]ccc34)C=N2)CC1. The second kappa shape index (κ2) is 6.42. The third-order valence-electron chi connectivity index (χ3n) is 5.22. The Kier molecular flexibility index (Phi) is 4.24. The van der Waals surface area contributed by atoms with Gasteiger partial charge < -0.3 is 4.98 Å². The summed E-state index contributed by atoms with van der Waals surface area (Å²) in [4.78, 5) is 7.50. The minimum atomic E-state index is -3.06. The third kappa shape index (κ3) is 3.41. The van der Waals surface area contributed by atoms with Crippen LogP contribution in [0.1, 0.15) is 24.3 Å². The van der Waals surface area contributed by atoms with Gasteiger partial charge in [0, 0.05) is 56.1 Å². The number of pyridine rings is 1. The molecule has 0 aromatic carbocycles. The zero-order valence-electron chi connectivity index (χ0n) is 14.3. The summed E-state index contributed by atoms with van der Waals surface area (Å²) in [6, 6.07) is 4.13. The molecular weight excluding hydrogens is 338 g/mol. The summed E-state index contributed by atoms with van der Waals surface area (Å²) in [6.45, 7) is 3.01. The van der Waals surface area contributed by atoms with Crippen molar-refractivity contribution in [2.24, 2.45) is 11.0 Å². The normalized spacial score (nSPS) is 22.9. The van der Waals surface area contributed by atoms with E-state index in [-0.39, 0.29) is 5.92 Å². The molecule has 134 valence electrons. The molecule has 1 saturated heterocycles. The van der Waals surface area contributed by atoms with Crippen LogP contribution in [0.2, 0.25) is 0 Å². The Balaban J connectivity index is 1.36. The van der Waals surface area contributed by atoms with Gasteiger partial charge in [-0.2, -0.15) is 5.10 Å². The molecule has 8 heteroatoms. The van der Waals surface area contributed by atoms with Crippen LogP contribution in [0.5, 0.6) is 0 Å². The molecule has 0 bridgehead atoms. The molecule has 2 aliphatic rings. The van der Waals surface area contributed by atoms with Crippen molar-refractivity contribution in [2.75, 3.05) is 32.4 Å². The second-order valence-electron chi connectivity index (χ2n) is 6.99. The number of hydrazone groups is 1. The Bertz CT molecular complexity index is 883.